The second kappa shape index (κ2) is 2.02. The highest BCUT2D eigenvalue weighted by atomic mass is 15.3. The van der Waals surface area contributed by atoms with Crippen LogP contribution in [0.2, 0.25) is 0 Å². The van der Waals surface area contributed by atoms with E-state index in [0.29, 0.717) is 0 Å². The molecule has 10 heavy (non-hydrogen) atoms. The van der Waals surface area contributed by atoms with E-state index in [1.165, 1.54) is 0 Å². The smallest absolute Gasteiger partial charge is 0.0795 e. The van der Waals surface area contributed by atoms with E-state index in [0.717, 1.165) is 11.3 Å². The van der Waals surface area contributed by atoms with Gasteiger partial charge >= 0.3 is 0 Å². The second-order valence-corrected chi connectivity index (χ2v) is 2.07. The minimum atomic E-state index is 1.02. The molecule has 2 heterocycles. The fourth-order valence-corrected chi connectivity index (χ4v) is 0.906. The van der Waals surface area contributed by atoms with Crippen LogP contribution in [-0.2, 0) is 0 Å². The second-order valence-electron chi connectivity index (χ2n) is 2.07. The number of hydrogen-bond donors (Lipinski definition) is 2. The van der Waals surface area contributed by atoms with Crippen LogP contribution >= 0.6 is 0 Å². The molecule has 3 heteroatoms. The third-order valence-electron chi connectivity index (χ3n) is 1.41. The monoisotopic (exact) mass is 133 g/mol. The summed E-state index contributed by atoms with van der Waals surface area (Å²) in [5.74, 6) is 0. The Morgan fingerprint density at radius 1 is 1.40 bits per heavy atom. The molecule has 1 aliphatic heterocycles. The van der Waals surface area contributed by atoms with Gasteiger partial charge in [-0.1, -0.05) is 0 Å². The van der Waals surface area contributed by atoms with Gasteiger partial charge in [-0.05, 0) is 12.1 Å². The number of pyridine rings is 1. The highest BCUT2D eigenvalue weighted by molar-refractivity contribution is 5.67. The number of fused-ring (bicyclic) bond motifs is 1. The Kier molecular flexibility index (Phi) is 1.07. The molecule has 1 aromatic heterocycles. The number of nitrogens with one attached hydrogen (secondary N) is 2. The lowest BCUT2D eigenvalue weighted by Gasteiger charge is -2.12. The van der Waals surface area contributed by atoms with E-state index in [1.54, 1.807) is 12.4 Å². The third-order valence-corrected chi connectivity index (χ3v) is 1.41. The highest BCUT2D eigenvalue weighted by Crippen LogP contribution is 2.15. The molecule has 1 aromatic rings. The molecule has 0 aromatic carbocycles. The van der Waals surface area contributed by atoms with Crippen molar-refractivity contribution in [3.63, 3.8) is 0 Å². The Balaban J connectivity index is 2.54. The van der Waals surface area contributed by atoms with Crippen LogP contribution in [0.25, 0.3) is 6.08 Å². The quantitative estimate of drug-likeness (QED) is 0.554. The van der Waals surface area contributed by atoms with Crippen LogP contribution in [0.3, 0.4) is 0 Å². The average molecular weight is 133 g/mol. The summed E-state index contributed by atoms with van der Waals surface area (Å²) >= 11 is 0. The summed E-state index contributed by atoms with van der Waals surface area (Å²) in [6.45, 7) is 0. The number of hydrazine groups is 1. The van der Waals surface area contributed by atoms with Crippen LogP contribution in [0.15, 0.2) is 24.7 Å². The molecule has 0 amide bonds. The van der Waals surface area contributed by atoms with Gasteiger partial charge < -0.3 is 5.43 Å². The zero-order valence-corrected chi connectivity index (χ0v) is 5.33. The Labute approximate surface area is 58.8 Å². The standard InChI is InChI=1S/C7H7N3/c1-3-8-5-7-6(1)2-4-9-10-7/h1-5,9-10H. The van der Waals surface area contributed by atoms with E-state index in [4.69, 9.17) is 0 Å². The van der Waals surface area contributed by atoms with Gasteiger partial charge in [0.1, 0.15) is 0 Å². The maximum Gasteiger partial charge on any atom is 0.0795 e. The molecule has 3 nitrogen and oxygen atoms in total. The lowest BCUT2D eigenvalue weighted by atomic mass is 10.2. The summed E-state index contributed by atoms with van der Waals surface area (Å²) in [6.07, 6.45) is 7.40. The number of nitrogens with zero attached hydrogens (tertiary/aromatic N) is 1. The van der Waals surface area contributed by atoms with E-state index < -0.39 is 0 Å². The van der Waals surface area contributed by atoms with Crippen molar-refractivity contribution in [2.45, 2.75) is 0 Å². The van der Waals surface area contributed by atoms with Gasteiger partial charge in [-0.25, -0.2) is 0 Å². The Bertz CT molecular complexity index is 267. The molecule has 0 atom stereocenters. The predicted octanol–water partition coefficient (Wildman–Crippen LogP) is 0.982. The van der Waals surface area contributed by atoms with Crippen molar-refractivity contribution >= 4 is 11.8 Å². The van der Waals surface area contributed by atoms with Crippen molar-refractivity contribution in [1.29, 1.82) is 0 Å². The molecule has 0 bridgehead atoms. The molecule has 0 saturated carbocycles. The summed E-state index contributed by atoms with van der Waals surface area (Å²) in [5, 5.41) is 0. The topological polar surface area (TPSA) is 37.0 Å². The molecular weight excluding hydrogens is 126 g/mol. The number of aromatic nitrogens is 1. The maximum absolute atomic E-state index is 3.96. The molecule has 1 aliphatic rings. The Hall–Kier alpha value is -1.51. The van der Waals surface area contributed by atoms with Gasteiger partial charge in [0.05, 0.1) is 11.9 Å². The molecule has 0 saturated heterocycles. The lowest BCUT2D eigenvalue weighted by molar-refractivity contribution is 1.04. The molecule has 0 aliphatic carbocycles. The highest BCUT2D eigenvalue weighted by Gasteiger charge is 1.99. The first-order chi connectivity index (χ1) is 4.97. The minimum Gasteiger partial charge on any atom is -0.308 e. The number of rotatable bonds is 0. The van der Waals surface area contributed by atoms with E-state index in [1.807, 2.05) is 18.3 Å². The third kappa shape index (κ3) is 0.719. The van der Waals surface area contributed by atoms with E-state index in [-0.39, 0.29) is 0 Å². The van der Waals surface area contributed by atoms with Crippen LogP contribution in [0, 0.1) is 0 Å². The number of anilines is 1. The minimum absolute atomic E-state index is 1.02. The molecule has 50 valence electrons. The van der Waals surface area contributed by atoms with Crippen molar-refractivity contribution in [3.8, 4) is 0 Å². The molecule has 0 unspecified atom stereocenters. The predicted molar refractivity (Wildman–Crippen MR) is 40.0 cm³/mol. The Morgan fingerprint density at radius 3 is 3.30 bits per heavy atom. The van der Waals surface area contributed by atoms with Crippen LogP contribution in [-0.4, -0.2) is 4.98 Å². The SMILES string of the molecule is C1=Cc2ccncc2NN1. The first kappa shape index (κ1) is 5.29. The van der Waals surface area contributed by atoms with Gasteiger partial charge in [0.15, 0.2) is 0 Å². The molecule has 2 N–H and O–H groups in total. The first-order valence-electron chi connectivity index (χ1n) is 3.09. The fraction of sp³-hybridized carbons (Fsp3) is 0. The van der Waals surface area contributed by atoms with E-state index in [9.17, 15) is 0 Å². The van der Waals surface area contributed by atoms with Gasteiger partial charge in [-0.15, -0.1) is 0 Å². The van der Waals surface area contributed by atoms with Gasteiger partial charge in [0.2, 0.25) is 0 Å². The Morgan fingerprint density at radius 2 is 2.40 bits per heavy atom. The lowest BCUT2D eigenvalue weighted by Crippen LogP contribution is -2.17. The van der Waals surface area contributed by atoms with Crippen molar-refractivity contribution in [2.75, 3.05) is 5.43 Å². The van der Waals surface area contributed by atoms with Gasteiger partial charge in [0, 0.05) is 18.0 Å². The summed E-state index contributed by atoms with van der Waals surface area (Å²) in [7, 11) is 0. The van der Waals surface area contributed by atoms with Gasteiger partial charge in [-0.3, -0.25) is 10.4 Å². The van der Waals surface area contributed by atoms with Crippen LogP contribution in [0.5, 0.6) is 0 Å². The van der Waals surface area contributed by atoms with Gasteiger partial charge in [-0.2, -0.15) is 0 Å². The van der Waals surface area contributed by atoms with Crippen molar-refractivity contribution in [1.82, 2.24) is 10.4 Å². The summed E-state index contributed by atoms with van der Waals surface area (Å²) < 4.78 is 0. The fourth-order valence-electron chi connectivity index (χ4n) is 0.906. The van der Waals surface area contributed by atoms with Crippen LogP contribution in [0.4, 0.5) is 5.69 Å². The number of hydrogen-bond acceptors (Lipinski definition) is 3. The van der Waals surface area contributed by atoms with Crippen molar-refractivity contribution < 1.29 is 0 Å². The molecule has 0 fully saturated rings. The van der Waals surface area contributed by atoms with Crippen LogP contribution in [0.1, 0.15) is 5.56 Å². The molecule has 2 rings (SSSR count). The van der Waals surface area contributed by atoms with Gasteiger partial charge in [0.25, 0.3) is 0 Å². The zero-order valence-electron chi connectivity index (χ0n) is 5.33. The largest absolute Gasteiger partial charge is 0.308 e. The first-order valence-corrected chi connectivity index (χ1v) is 3.09. The zero-order chi connectivity index (χ0) is 6.81. The molecular formula is C7H7N3. The van der Waals surface area contributed by atoms with Crippen molar-refractivity contribution in [3.05, 3.63) is 30.2 Å². The van der Waals surface area contributed by atoms with Crippen LogP contribution < -0.4 is 10.9 Å². The van der Waals surface area contributed by atoms with Crippen molar-refractivity contribution in [2.24, 2.45) is 0 Å². The van der Waals surface area contributed by atoms with E-state index in [2.05, 4.69) is 15.8 Å². The summed E-state index contributed by atoms with van der Waals surface area (Å²) in [5.41, 5.74) is 8.01. The average Bonchev–Trinajstić information content (AvgIpc) is 2.05. The molecule has 0 radical (unpaired) electrons. The maximum atomic E-state index is 3.96. The summed E-state index contributed by atoms with van der Waals surface area (Å²) in [4.78, 5) is 3.96. The normalized spacial score (nSPS) is 13.2. The summed E-state index contributed by atoms with van der Waals surface area (Å²) in [6, 6.07) is 1.96. The van der Waals surface area contributed by atoms with E-state index >= 15 is 0 Å². The molecule has 0 spiro atoms.